The zero-order chi connectivity index (χ0) is 19.7. The summed E-state index contributed by atoms with van der Waals surface area (Å²) in [6.07, 6.45) is 0. The molecule has 0 saturated heterocycles. The predicted molar refractivity (Wildman–Crippen MR) is 109 cm³/mol. The van der Waals surface area contributed by atoms with Gasteiger partial charge in [-0.05, 0) is 35.7 Å². The molecule has 0 aliphatic heterocycles. The number of halogens is 1. The number of fused-ring (bicyclic) bond motifs is 1. The van der Waals surface area contributed by atoms with Crippen molar-refractivity contribution >= 4 is 22.6 Å². The second-order valence-corrected chi connectivity index (χ2v) is 7.76. The number of aromatic hydroxyl groups is 1. The SMILES string of the molecule is CC(C)COc1c(O)ccc2c(=O)c(-c3ccc(Cl)cc3)c(C(C)C)oc12. The molecule has 0 bridgehead atoms. The van der Waals surface area contributed by atoms with E-state index in [0.717, 1.165) is 5.56 Å². The van der Waals surface area contributed by atoms with Gasteiger partial charge in [0.05, 0.1) is 17.6 Å². The first kappa shape index (κ1) is 19.3. The molecule has 0 aliphatic rings. The van der Waals surface area contributed by atoms with Crippen molar-refractivity contribution in [2.75, 3.05) is 6.61 Å². The van der Waals surface area contributed by atoms with E-state index in [-0.39, 0.29) is 34.3 Å². The third-order valence-corrected chi connectivity index (χ3v) is 4.49. The van der Waals surface area contributed by atoms with E-state index in [4.69, 9.17) is 20.8 Å². The smallest absolute Gasteiger partial charge is 0.204 e. The lowest BCUT2D eigenvalue weighted by Crippen LogP contribution is -2.12. The minimum atomic E-state index is -0.156. The average Bonchev–Trinajstić information content (AvgIpc) is 2.61. The van der Waals surface area contributed by atoms with Crippen molar-refractivity contribution in [1.82, 2.24) is 0 Å². The van der Waals surface area contributed by atoms with Crippen LogP contribution >= 0.6 is 11.6 Å². The highest BCUT2D eigenvalue weighted by Gasteiger charge is 2.22. The third-order valence-electron chi connectivity index (χ3n) is 4.24. The summed E-state index contributed by atoms with van der Waals surface area (Å²) in [5.41, 5.74) is 1.38. The van der Waals surface area contributed by atoms with Crippen LogP contribution in [-0.4, -0.2) is 11.7 Å². The largest absolute Gasteiger partial charge is 0.504 e. The van der Waals surface area contributed by atoms with Gasteiger partial charge in [-0.2, -0.15) is 0 Å². The average molecular weight is 387 g/mol. The molecular weight excluding hydrogens is 364 g/mol. The van der Waals surface area contributed by atoms with Gasteiger partial charge >= 0.3 is 0 Å². The fourth-order valence-electron chi connectivity index (χ4n) is 2.93. The molecule has 0 atom stereocenters. The van der Waals surface area contributed by atoms with E-state index in [1.165, 1.54) is 6.07 Å². The first-order valence-corrected chi connectivity index (χ1v) is 9.38. The Morgan fingerprint density at radius 1 is 1.07 bits per heavy atom. The quantitative estimate of drug-likeness (QED) is 0.586. The maximum absolute atomic E-state index is 13.3. The number of benzene rings is 2. The van der Waals surface area contributed by atoms with Gasteiger partial charge in [0.25, 0.3) is 0 Å². The lowest BCUT2D eigenvalue weighted by atomic mass is 9.97. The molecule has 3 rings (SSSR count). The predicted octanol–water partition coefficient (Wildman–Crippen LogP) is 5.98. The van der Waals surface area contributed by atoms with Gasteiger partial charge in [-0.3, -0.25) is 4.79 Å². The topological polar surface area (TPSA) is 59.7 Å². The van der Waals surface area contributed by atoms with E-state index in [1.807, 2.05) is 39.8 Å². The second kappa shape index (κ2) is 7.65. The zero-order valence-electron chi connectivity index (χ0n) is 15.9. The second-order valence-electron chi connectivity index (χ2n) is 7.33. The summed E-state index contributed by atoms with van der Waals surface area (Å²) in [7, 11) is 0. The van der Waals surface area contributed by atoms with Gasteiger partial charge in [0.1, 0.15) is 5.76 Å². The zero-order valence-corrected chi connectivity index (χ0v) is 16.6. The minimum absolute atomic E-state index is 0.0342. The summed E-state index contributed by atoms with van der Waals surface area (Å²) in [5, 5.41) is 11.2. The van der Waals surface area contributed by atoms with Crippen molar-refractivity contribution in [2.45, 2.75) is 33.6 Å². The van der Waals surface area contributed by atoms with E-state index >= 15 is 0 Å². The maximum Gasteiger partial charge on any atom is 0.204 e. The highest BCUT2D eigenvalue weighted by Crippen LogP contribution is 2.38. The first-order valence-electron chi connectivity index (χ1n) is 9.01. The molecule has 1 heterocycles. The number of rotatable bonds is 5. The molecule has 142 valence electrons. The summed E-state index contributed by atoms with van der Waals surface area (Å²) in [6, 6.07) is 10.2. The summed E-state index contributed by atoms with van der Waals surface area (Å²) in [4.78, 5) is 13.3. The van der Waals surface area contributed by atoms with Crippen LogP contribution in [0.2, 0.25) is 5.02 Å². The van der Waals surface area contributed by atoms with Crippen LogP contribution in [0.5, 0.6) is 11.5 Å². The molecule has 0 unspecified atom stereocenters. The van der Waals surface area contributed by atoms with Gasteiger partial charge < -0.3 is 14.3 Å². The van der Waals surface area contributed by atoms with Gasteiger partial charge in [-0.25, -0.2) is 0 Å². The van der Waals surface area contributed by atoms with Crippen LogP contribution in [0.3, 0.4) is 0 Å². The van der Waals surface area contributed by atoms with E-state index in [0.29, 0.717) is 28.3 Å². The van der Waals surface area contributed by atoms with Crippen molar-refractivity contribution < 1.29 is 14.3 Å². The van der Waals surface area contributed by atoms with Crippen molar-refractivity contribution in [1.29, 1.82) is 0 Å². The van der Waals surface area contributed by atoms with Crippen LogP contribution in [-0.2, 0) is 0 Å². The number of phenols is 1. The van der Waals surface area contributed by atoms with Crippen molar-refractivity contribution in [3.05, 3.63) is 57.4 Å². The normalized spacial score (nSPS) is 11.5. The fraction of sp³-hybridized carbons (Fsp3) is 0.318. The summed E-state index contributed by atoms with van der Waals surface area (Å²) >= 11 is 5.99. The van der Waals surface area contributed by atoms with E-state index in [9.17, 15) is 9.90 Å². The number of hydrogen-bond acceptors (Lipinski definition) is 4. The molecule has 0 aliphatic carbocycles. The number of ether oxygens (including phenoxy) is 1. The van der Waals surface area contributed by atoms with Gasteiger partial charge in [0.2, 0.25) is 11.2 Å². The third kappa shape index (κ3) is 3.81. The van der Waals surface area contributed by atoms with Crippen molar-refractivity contribution in [3.63, 3.8) is 0 Å². The molecule has 1 N–H and O–H groups in total. The Hall–Kier alpha value is -2.46. The Balaban J connectivity index is 2.31. The Labute approximate surface area is 163 Å². The van der Waals surface area contributed by atoms with Gasteiger partial charge in [-0.1, -0.05) is 51.4 Å². The summed E-state index contributed by atoms with van der Waals surface area (Å²) in [5.74, 6) is 0.954. The van der Waals surface area contributed by atoms with Crippen molar-refractivity contribution in [2.24, 2.45) is 5.92 Å². The Bertz CT molecular complexity index is 1020. The summed E-state index contributed by atoms with van der Waals surface area (Å²) < 4.78 is 11.9. The highest BCUT2D eigenvalue weighted by atomic mass is 35.5. The Morgan fingerprint density at radius 2 is 1.74 bits per heavy atom. The van der Waals surface area contributed by atoms with E-state index in [2.05, 4.69) is 0 Å². The molecule has 3 aromatic rings. The molecule has 5 heteroatoms. The lowest BCUT2D eigenvalue weighted by molar-refractivity contribution is 0.258. The fourth-order valence-corrected chi connectivity index (χ4v) is 3.05. The summed E-state index contributed by atoms with van der Waals surface area (Å²) in [6.45, 7) is 8.35. The molecule has 27 heavy (non-hydrogen) atoms. The first-order chi connectivity index (χ1) is 12.8. The van der Waals surface area contributed by atoms with Gasteiger partial charge in [0.15, 0.2) is 11.3 Å². The van der Waals surface area contributed by atoms with Crippen LogP contribution in [0, 0.1) is 5.92 Å². The van der Waals surface area contributed by atoms with Gasteiger partial charge in [0, 0.05) is 10.9 Å². The molecule has 0 radical (unpaired) electrons. The molecule has 0 saturated carbocycles. The van der Waals surface area contributed by atoms with Gasteiger partial charge in [-0.15, -0.1) is 0 Å². The molecule has 0 fully saturated rings. The number of phenolic OH excluding ortho intramolecular Hbond substituents is 1. The Kier molecular flexibility index (Phi) is 5.47. The molecule has 2 aromatic carbocycles. The van der Waals surface area contributed by atoms with Crippen LogP contribution in [0.1, 0.15) is 39.4 Å². The van der Waals surface area contributed by atoms with E-state index in [1.54, 1.807) is 18.2 Å². The monoisotopic (exact) mass is 386 g/mol. The van der Waals surface area contributed by atoms with Crippen LogP contribution in [0.25, 0.3) is 22.1 Å². The number of hydrogen-bond donors (Lipinski definition) is 1. The molecule has 4 nitrogen and oxygen atoms in total. The van der Waals surface area contributed by atoms with E-state index < -0.39 is 0 Å². The molecule has 0 spiro atoms. The lowest BCUT2D eigenvalue weighted by Gasteiger charge is -2.16. The highest BCUT2D eigenvalue weighted by molar-refractivity contribution is 6.30. The Morgan fingerprint density at radius 3 is 2.33 bits per heavy atom. The molecule has 1 aromatic heterocycles. The standard InChI is InChI=1S/C22H23ClO4/c1-12(2)11-26-22-17(24)10-9-16-19(25)18(14-5-7-15(23)8-6-14)20(13(3)4)27-21(16)22/h5-10,12-13,24H,11H2,1-4H3. The minimum Gasteiger partial charge on any atom is -0.504 e. The van der Waals surface area contributed by atoms with Crippen molar-refractivity contribution in [3.8, 4) is 22.6 Å². The van der Waals surface area contributed by atoms with Crippen LogP contribution < -0.4 is 10.2 Å². The van der Waals surface area contributed by atoms with Crippen LogP contribution in [0.4, 0.5) is 0 Å². The van der Waals surface area contributed by atoms with Crippen LogP contribution in [0.15, 0.2) is 45.6 Å². The maximum atomic E-state index is 13.3. The molecule has 0 amide bonds. The molecular formula is C22H23ClO4.